The van der Waals surface area contributed by atoms with Crippen molar-refractivity contribution in [2.75, 3.05) is 18.0 Å². The molecule has 0 aliphatic heterocycles. The van der Waals surface area contributed by atoms with Gasteiger partial charge in [0.05, 0.1) is 39.8 Å². The second kappa shape index (κ2) is 12.0. The van der Waals surface area contributed by atoms with Crippen molar-refractivity contribution >= 4 is 61.1 Å². The van der Waals surface area contributed by atoms with Gasteiger partial charge < -0.3 is 13.7 Å². The molecule has 7 nitrogen and oxygen atoms in total. The fourth-order valence-corrected chi connectivity index (χ4v) is 8.36. The lowest BCUT2D eigenvalue weighted by atomic mass is 10.0. The van der Waals surface area contributed by atoms with E-state index in [0.29, 0.717) is 33.7 Å². The Morgan fingerprint density at radius 1 is 0.646 bits per heavy atom. The molecule has 0 N–H and O–H groups in total. The molecule has 5 heterocycles. The molecule has 0 radical (unpaired) electrons. The molecule has 236 valence electrons. The highest BCUT2D eigenvalue weighted by molar-refractivity contribution is 7.25. The Morgan fingerprint density at radius 3 is 2.02 bits per heavy atom. The second-order valence-corrected chi connectivity index (χ2v) is 13.7. The van der Waals surface area contributed by atoms with Gasteiger partial charge in [-0.3, -0.25) is 9.97 Å². The lowest BCUT2D eigenvalue weighted by Gasteiger charge is -2.21. The third-order valence-corrected chi connectivity index (χ3v) is 11.2. The van der Waals surface area contributed by atoms with Gasteiger partial charge >= 0.3 is 11.3 Å². The van der Waals surface area contributed by atoms with Crippen LogP contribution in [0, 0.1) is 6.92 Å². The van der Waals surface area contributed by atoms with E-state index < -0.39 is 5.63 Å². The van der Waals surface area contributed by atoms with Gasteiger partial charge in [-0.1, -0.05) is 24.3 Å². The Hall–Kier alpha value is -5.38. The first-order valence-electron chi connectivity index (χ1n) is 15.7. The van der Waals surface area contributed by atoms with Crippen molar-refractivity contribution in [1.29, 1.82) is 0 Å². The molecule has 0 spiro atoms. The molecule has 0 aliphatic rings. The van der Waals surface area contributed by atoms with Crippen molar-refractivity contribution in [3.63, 3.8) is 0 Å². The van der Waals surface area contributed by atoms with Crippen LogP contribution in [0.4, 0.5) is 5.69 Å². The monoisotopic (exact) mass is 667 g/mol. The minimum Gasteiger partial charge on any atom is -0.422 e. The molecule has 48 heavy (non-hydrogen) atoms. The number of nitrogens with zero attached hydrogens (tertiary/aromatic N) is 3. The maximum atomic E-state index is 13.3. The Labute approximate surface area is 283 Å². The summed E-state index contributed by atoms with van der Waals surface area (Å²) in [5, 5.41) is 3.84. The minimum atomic E-state index is -0.452. The molecule has 0 amide bonds. The summed E-state index contributed by atoms with van der Waals surface area (Å²) < 4.78 is 11.5. The summed E-state index contributed by atoms with van der Waals surface area (Å²) in [5.74, 6) is 0. The molecule has 0 aliphatic carbocycles. The van der Waals surface area contributed by atoms with Crippen molar-refractivity contribution in [3.8, 4) is 42.0 Å². The van der Waals surface area contributed by atoms with E-state index >= 15 is 0 Å². The van der Waals surface area contributed by atoms with Gasteiger partial charge in [0.1, 0.15) is 11.2 Å². The number of anilines is 1. The number of hydrogen-bond acceptors (Lipinski definition) is 9. The van der Waals surface area contributed by atoms with E-state index in [9.17, 15) is 9.59 Å². The van der Waals surface area contributed by atoms with Crippen molar-refractivity contribution in [2.45, 2.75) is 20.8 Å². The molecule has 0 unspecified atom stereocenters. The van der Waals surface area contributed by atoms with Crippen LogP contribution in [0.15, 0.2) is 116 Å². The Morgan fingerprint density at radius 2 is 1.29 bits per heavy atom. The van der Waals surface area contributed by atoms with Crippen molar-refractivity contribution in [2.24, 2.45) is 0 Å². The fraction of sp³-hybridized carbons (Fsp3) is 0.128. The van der Waals surface area contributed by atoms with Gasteiger partial charge in [0.15, 0.2) is 0 Å². The second-order valence-electron chi connectivity index (χ2n) is 11.5. The average Bonchev–Trinajstić information content (AvgIpc) is 3.79. The van der Waals surface area contributed by atoms with Gasteiger partial charge in [-0.2, -0.15) is 0 Å². The summed E-state index contributed by atoms with van der Waals surface area (Å²) >= 11 is 3.16. The summed E-state index contributed by atoms with van der Waals surface area (Å²) in [6.07, 6.45) is 3.30. The van der Waals surface area contributed by atoms with Gasteiger partial charge in [0, 0.05) is 50.2 Å². The zero-order valence-corrected chi connectivity index (χ0v) is 28.1. The quantitative estimate of drug-likeness (QED) is 0.123. The molecule has 8 rings (SSSR count). The molecule has 0 fully saturated rings. The first kappa shape index (κ1) is 30.0. The van der Waals surface area contributed by atoms with Gasteiger partial charge in [0.25, 0.3) is 0 Å². The Kier molecular flexibility index (Phi) is 7.50. The summed E-state index contributed by atoms with van der Waals surface area (Å²) in [4.78, 5) is 41.5. The SMILES string of the molecule is CCN(CC)c1ccc2c(C)c(-c3ccc(-c4ccc(-c5cnc(-c6cc7cc8ccccc8cc7oc6=O)cn5)s4)s3)c(=O)oc2c1. The largest absolute Gasteiger partial charge is 0.422 e. The van der Waals surface area contributed by atoms with Crippen LogP contribution in [0.25, 0.3) is 74.7 Å². The van der Waals surface area contributed by atoms with E-state index in [0.717, 1.165) is 65.4 Å². The lowest BCUT2D eigenvalue weighted by Crippen LogP contribution is -2.21. The normalized spacial score (nSPS) is 11.6. The fourth-order valence-electron chi connectivity index (χ4n) is 6.21. The first-order valence-corrected chi connectivity index (χ1v) is 17.4. The highest BCUT2D eigenvalue weighted by Crippen LogP contribution is 2.41. The topological polar surface area (TPSA) is 89.4 Å². The third-order valence-electron chi connectivity index (χ3n) is 8.76. The standard InChI is InChI=1S/C39H29N3O4S2/c1-4-42(5-2)26-10-11-27-22(3)37(39(44)46-32(27)19-26)36-15-14-35(48-36)34-13-12-33(47-34)30-21-40-29(20-41-30)28-17-25-16-23-8-6-7-9-24(23)18-31(25)45-38(28)43/h6-21H,4-5H2,1-3H3. The van der Waals surface area contributed by atoms with E-state index in [1.807, 2.05) is 79.7 Å². The zero-order chi connectivity index (χ0) is 32.9. The van der Waals surface area contributed by atoms with E-state index in [1.54, 1.807) is 35.1 Å². The molecule has 0 atom stereocenters. The van der Waals surface area contributed by atoms with Gasteiger partial charge in [0.2, 0.25) is 0 Å². The maximum absolute atomic E-state index is 13.3. The average molecular weight is 668 g/mol. The van der Waals surface area contributed by atoms with E-state index in [4.69, 9.17) is 8.83 Å². The number of aryl methyl sites for hydroxylation is 1. The van der Waals surface area contributed by atoms with E-state index in [2.05, 4.69) is 40.8 Å². The van der Waals surface area contributed by atoms with Gasteiger partial charge in [-0.15, -0.1) is 22.7 Å². The van der Waals surface area contributed by atoms with Crippen LogP contribution in [-0.2, 0) is 0 Å². The van der Waals surface area contributed by atoms with Crippen molar-refractivity contribution in [1.82, 2.24) is 9.97 Å². The molecule has 0 saturated heterocycles. The van der Waals surface area contributed by atoms with E-state index in [-0.39, 0.29) is 5.63 Å². The van der Waals surface area contributed by atoms with Gasteiger partial charge in [-0.25, -0.2) is 9.59 Å². The predicted molar refractivity (Wildman–Crippen MR) is 197 cm³/mol. The smallest absolute Gasteiger partial charge is 0.345 e. The number of rotatable bonds is 7. The number of thiophene rings is 2. The molecule has 9 heteroatoms. The molecule has 8 aromatic rings. The number of fused-ring (bicyclic) bond motifs is 3. The molecule has 5 aromatic heterocycles. The van der Waals surface area contributed by atoms with Crippen LogP contribution < -0.4 is 16.2 Å². The van der Waals surface area contributed by atoms with Crippen LogP contribution in [0.5, 0.6) is 0 Å². The number of hydrogen-bond donors (Lipinski definition) is 0. The van der Waals surface area contributed by atoms with Crippen LogP contribution >= 0.6 is 22.7 Å². The highest BCUT2D eigenvalue weighted by Gasteiger charge is 2.18. The number of aromatic nitrogens is 2. The third kappa shape index (κ3) is 5.21. The minimum absolute atomic E-state index is 0.332. The number of benzene rings is 3. The molecule has 3 aromatic carbocycles. The van der Waals surface area contributed by atoms with Crippen LogP contribution in [0.2, 0.25) is 0 Å². The summed E-state index contributed by atoms with van der Waals surface area (Å²) in [5.41, 5.74) is 4.44. The lowest BCUT2D eigenvalue weighted by molar-refractivity contribution is 0.562. The van der Waals surface area contributed by atoms with Crippen molar-refractivity contribution in [3.05, 3.63) is 124 Å². The van der Waals surface area contributed by atoms with E-state index in [1.165, 1.54) is 0 Å². The van der Waals surface area contributed by atoms with Crippen molar-refractivity contribution < 1.29 is 8.83 Å². The first-order chi connectivity index (χ1) is 23.4. The zero-order valence-electron chi connectivity index (χ0n) is 26.4. The van der Waals surface area contributed by atoms with Gasteiger partial charge in [-0.05, 0) is 91.7 Å². The van der Waals surface area contributed by atoms with Crippen LogP contribution in [-0.4, -0.2) is 23.1 Å². The Bertz CT molecular complexity index is 2610. The summed E-state index contributed by atoms with van der Waals surface area (Å²) in [7, 11) is 0. The molecule has 0 saturated carbocycles. The summed E-state index contributed by atoms with van der Waals surface area (Å²) in [6.45, 7) is 7.97. The Balaban J connectivity index is 1.06. The maximum Gasteiger partial charge on any atom is 0.345 e. The van der Waals surface area contributed by atoms with Crippen LogP contribution in [0.3, 0.4) is 0 Å². The molecular formula is C39H29N3O4S2. The molecule has 0 bridgehead atoms. The highest BCUT2D eigenvalue weighted by atomic mass is 32.1. The summed E-state index contributed by atoms with van der Waals surface area (Å²) in [6, 6.07) is 27.9. The molecular weight excluding hydrogens is 639 g/mol. The predicted octanol–water partition coefficient (Wildman–Crippen LogP) is 9.79. The van der Waals surface area contributed by atoms with Crippen LogP contribution in [0.1, 0.15) is 19.4 Å².